The van der Waals surface area contributed by atoms with Crippen molar-refractivity contribution in [1.82, 2.24) is 0 Å². The Balaban J connectivity index is 1.64. The van der Waals surface area contributed by atoms with Gasteiger partial charge in [0.1, 0.15) is 12.2 Å². The van der Waals surface area contributed by atoms with Crippen LogP contribution in [0.1, 0.15) is 99.8 Å². The standard InChI is InChI=1S/C31H46O5/c1-18(2)14-22(34)15-19(3)25-8-9-26-24-17-29(36-21(5)33)28-16-23(35-20(4)32)10-12-31(28,7)27(24)11-13-30(25,26)6/h11,15,18,23-26,28-29H,8-10,12-14,16-17H2,1-7H3/b19-15+. The van der Waals surface area contributed by atoms with Gasteiger partial charge in [-0.1, -0.05) is 44.9 Å². The lowest BCUT2D eigenvalue weighted by molar-refractivity contribution is -0.168. The Morgan fingerprint density at radius 3 is 2.33 bits per heavy atom. The summed E-state index contributed by atoms with van der Waals surface area (Å²) in [5.41, 5.74) is 2.86. The number of carbonyl (C=O) groups is 3. The second-order valence-electron chi connectivity index (χ2n) is 13.1. The number of esters is 2. The molecule has 0 amide bonds. The summed E-state index contributed by atoms with van der Waals surface area (Å²) in [6.45, 7) is 14.1. The molecule has 0 radical (unpaired) electrons. The van der Waals surface area contributed by atoms with Crippen molar-refractivity contribution < 1.29 is 23.9 Å². The summed E-state index contributed by atoms with van der Waals surface area (Å²) in [5, 5.41) is 0. The molecule has 3 saturated carbocycles. The second-order valence-corrected chi connectivity index (χ2v) is 13.1. The lowest BCUT2D eigenvalue weighted by Gasteiger charge is -2.58. The van der Waals surface area contributed by atoms with Gasteiger partial charge in [-0.2, -0.15) is 0 Å². The van der Waals surface area contributed by atoms with E-state index in [2.05, 4.69) is 40.7 Å². The molecule has 4 aliphatic carbocycles. The van der Waals surface area contributed by atoms with Gasteiger partial charge >= 0.3 is 11.9 Å². The fraction of sp³-hybridized carbons (Fsp3) is 0.774. The summed E-state index contributed by atoms with van der Waals surface area (Å²) in [7, 11) is 0. The van der Waals surface area contributed by atoms with Gasteiger partial charge in [0.15, 0.2) is 5.78 Å². The van der Waals surface area contributed by atoms with Crippen LogP contribution in [0.15, 0.2) is 23.3 Å². The minimum absolute atomic E-state index is 0.0444. The number of fused-ring (bicyclic) bond motifs is 5. The van der Waals surface area contributed by atoms with Gasteiger partial charge in [0.25, 0.3) is 0 Å². The molecule has 0 aromatic carbocycles. The fourth-order valence-electron chi connectivity index (χ4n) is 8.76. The molecule has 4 rings (SSSR count). The van der Waals surface area contributed by atoms with Crippen LogP contribution >= 0.6 is 0 Å². The van der Waals surface area contributed by atoms with Crippen LogP contribution in [0.4, 0.5) is 0 Å². The van der Waals surface area contributed by atoms with Gasteiger partial charge in [0, 0.05) is 26.2 Å². The lowest BCUT2D eigenvalue weighted by Crippen LogP contribution is -2.54. The van der Waals surface area contributed by atoms with E-state index in [9.17, 15) is 14.4 Å². The molecule has 200 valence electrons. The maximum Gasteiger partial charge on any atom is 0.302 e. The van der Waals surface area contributed by atoms with Gasteiger partial charge in [-0.15, -0.1) is 0 Å². The summed E-state index contributed by atoms with van der Waals surface area (Å²) < 4.78 is 11.6. The normalized spacial score (nSPS) is 40.0. The third-order valence-electron chi connectivity index (χ3n) is 10.2. The molecular formula is C31H46O5. The highest BCUT2D eigenvalue weighted by Crippen LogP contribution is 2.66. The van der Waals surface area contributed by atoms with Gasteiger partial charge in [0.2, 0.25) is 0 Å². The lowest BCUT2D eigenvalue weighted by atomic mass is 9.47. The predicted octanol–water partition coefficient (Wildman–Crippen LogP) is 6.60. The molecule has 4 aliphatic rings. The van der Waals surface area contributed by atoms with Crippen molar-refractivity contribution in [2.75, 3.05) is 0 Å². The number of ether oxygens (including phenoxy) is 2. The van der Waals surface area contributed by atoms with E-state index in [1.165, 1.54) is 19.4 Å². The van der Waals surface area contributed by atoms with E-state index in [1.54, 1.807) is 5.57 Å². The van der Waals surface area contributed by atoms with Crippen molar-refractivity contribution >= 4 is 17.7 Å². The van der Waals surface area contributed by atoms with Crippen molar-refractivity contribution in [1.29, 1.82) is 0 Å². The molecule has 36 heavy (non-hydrogen) atoms. The Kier molecular flexibility index (Phi) is 7.61. The van der Waals surface area contributed by atoms with Crippen LogP contribution in [0.2, 0.25) is 0 Å². The maximum atomic E-state index is 12.6. The monoisotopic (exact) mass is 498 g/mol. The van der Waals surface area contributed by atoms with Crippen molar-refractivity contribution in [3.63, 3.8) is 0 Å². The molecule has 0 bridgehead atoms. The van der Waals surface area contributed by atoms with E-state index in [-0.39, 0.29) is 46.7 Å². The van der Waals surface area contributed by atoms with Crippen LogP contribution in [0.25, 0.3) is 0 Å². The topological polar surface area (TPSA) is 69.7 Å². The highest BCUT2D eigenvalue weighted by atomic mass is 16.5. The first-order valence-electron chi connectivity index (χ1n) is 14.1. The Bertz CT molecular complexity index is 960. The Morgan fingerprint density at radius 1 is 1.00 bits per heavy atom. The number of hydrogen-bond acceptors (Lipinski definition) is 5. The molecule has 0 heterocycles. The van der Waals surface area contributed by atoms with Crippen molar-refractivity contribution in [2.24, 2.45) is 40.4 Å². The Labute approximate surface area is 217 Å². The SMILES string of the molecule is CC(=O)OC1CCC2(C)C3=CCC4(C)C(/C(C)=C/C(=O)CC(C)C)CCC4C3CC(OC(C)=O)C2C1. The maximum absolute atomic E-state index is 12.6. The molecule has 0 aliphatic heterocycles. The summed E-state index contributed by atoms with van der Waals surface area (Å²) in [6, 6.07) is 0. The zero-order valence-electron chi connectivity index (χ0n) is 23.4. The second kappa shape index (κ2) is 10.1. The first-order chi connectivity index (χ1) is 16.8. The number of hydrogen-bond donors (Lipinski definition) is 0. The number of allylic oxidation sites excluding steroid dienone is 4. The minimum Gasteiger partial charge on any atom is -0.463 e. The van der Waals surface area contributed by atoms with E-state index in [4.69, 9.17) is 9.47 Å². The predicted molar refractivity (Wildman–Crippen MR) is 140 cm³/mol. The molecule has 8 unspecified atom stereocenters. The van der Waals surface area contributed by atoms with E-state index in [0.29, 0.717) is 30.1 Å². The van der Waals surface area contributed by atoms with Crippen molar-refractivity contribution in [2.45, 2.75) is 112 Å². The van der Waals surface area contributed by atoms with Crippen molar-refractivity contribution in [3.8, 4) is 0 Å². The van der Waals surface area contributed by atoms with E-state index in [0.717, 1.165) is 44.9 Å². The molecule has 5 nitrogen and oxygen atoms in total. The molecule has 0 N–H and O–H groups in total. The van der Waals surface area contributed by atoms with Crippen LogP contribution in [-0.2, 0) is 23.9 Å². The average molecular weight is 499 g/mol. The molecule has 0 saturated heterocycles. The molecule has 5 heteroatoms. The van der Waals surface area contributed by atoms with Crippen molar-refractivity contribution in [3.05, 3.63) is 23.3 Å². The van der Waals surface area contributed by atoms with E-state index >= 15 is 0 Å². The van der Waals surface area contributed by atoms with Crippen LogP contribution in [0.3, 0.4) is 0 Å². The van der Waals surface area contributed by atoms with Crippen LogP contribution in [-0.4, -0.2) is 29.9 Å². The quantitative estimate of drug-likeness (QED) is 0.234. The zero-order valence-corrected chi connectivity index (χ0v) is 23.4. The van der Waals surface area contributed by atoms with Gasteiger partial charge < -0.3 is 9.47 Å². The third-order valence-corrected chi connectivity index (χ3v) is 10.2. The molecule has 0 spiro atoms. The first kappa shape index (κ1) is 27.1. The Morgan fingerprint density at radius 2 is 1.69 bits per heavy atom. The molecule has 0 aromatic rings. The molecule has 0 aromatic heterocycles. The summed E-state index contributed by atoms with van der Waals surface area (Å²) in [5.74, 6) is 1.65. The molecular weight excluding hydrogens is 452 g/mol. The summed E-state index contributed by atoms with van der Waals surface area (Å²) >= 11 is 0. The minimum atomic E-state index is -0.235. The van der Waals surface area contributed by atoms with E-state index in [1.807, 2.05) is 6.08 Å². The van der Waals surface area contributed by atoms with Crippen LogP contribution < -0.4 is 0 Å². The summed E-state index contributed by atoms with van der Waals surface area (Å²) in [4.78, 5) is 36.4. The molecule has 8 atom stereocenters. The fourth-order valence-corrected chi connectivity index (χ4v) is 8.76. The highest BCUT2D eigenvalue weighted by molar-refractivity contribution is 5.90. The number of carbonyl (C=O) groups excluding carboxylic acids is 3. The highest BCUT2D eigenvalue weighted by Gasteiger charge is 2.60. The Hall–Kier alpha value is -1.91. The van der Waals surface area contributed by atoms with Gasteiger partial charge in [0.05, 0.1) is 0 Å². The van der Waals surface area contributed by atoms with Crippen LogP contribution in [0, 0.1) is 40.4 Å². The largest absolute Gasteiger partial charge is 0.463 e. The molecule has 3 fully saturated rings. The summed E-state index contributed by atoms with van der Waals surface area (Å²) in [6.07, 6.45) is 11.5. The third kappa shape index (κ3) is 4.96. The number of ketones is 1. The smallest absolute Gasteiger partial charge is 0.302 e. The van der Waals surface area contributed by atoms with Gasteiger partial charge in [-0.25, -0.2) is 0 Å². The van der Waals surface area contributed by atoms with Gasteiger partial charge in [-0.05, 0) is 92.4 Å². The average Bonchev–Trinajstić information content (AvgIpc) is 3.10. The van der Waals surface area contributed by atoms with Crippen LogP contribution in [0.5, 0.6) is 0 Å². The number of rotatable bonds is 6. The van der Waals surface area contributed by atoms with Gasteiger partial charge in [-0.3, -0.25) is 14.4 Å². The first-order valence-corrected chi connectivity index (χ1v) is 14.1. The van der Waals surface area contributed by atoms with E-state index < -0.39 is 0 Å². The zero-order chi connectivity index (χ0) is 26.4.